The van der Waals surface area contributed by atoms with Gasteiger partial charge in [0, 0.05) is 16.3 Å². The van der Waals surface area contributed by atoms with E-state index in [2.05, 4.69) is 20.3 Å². The Morgan fingerprint density at radius 3 is 2.50 bits per heavy atom. The van der Waals surface area contributed by atoms with Crippen LogP contribution in [0, 0.1) is 0 Å². The van der Waals surface area contributed by atoms with Crippen molar-refractivity contribution in [3.8, 4) is 17.1 Å². The van der Waals surface area contributed by atoms with Crippen molar-refractivity contribution >= 4 is 35.0 Å². The SMILES string of the molecule is Nn1c(SCC(=O)Nc2ccc(Cl)cc2)nnc1-c1ccc(OC(F)F)cc1. The quantitative estimate of drug-likeness (QED) is 0.443. The Labute approximate surface area is 167 Å². The number of alkyl halides is 2. The monoisotopic (exact) mass is 425 g/mol. The van der Waals surface area contributed by atoms with E-state index in [1.165, 1.54) is 28.9 Å². The van der Waals surface area contributed by atoms with Crippen molar-refractivity contribution in [2.45, 2.75) is 11.8 Å². The van der Waals surface area contributed by atoms with Gasteiger partial charge in [-0.2, -0.15) is 8.78 Å². The Morgan fingerprint density at radius 1 is 1.18 bits per heavy atom. The second-order valence-electron chi connectivity index (χ2n) is 5.42. The number of nitrogens with one attached hydrogen (secondary N) is 1. The van der Waals surface area contributed by atoms with Crippen LogP contribution >= 0.6 is 23.4 Å². The van der Waals surface area contributed by atoms with Crippen molar-refractivity contribution in [1.29, 1.82) is 0 Å². The molecule has 1 heterocycles. The molecule has 0 saturated carbocycles. The third-order valence-corrected chi connectivity index (χ3v) is 4.66. The molecule has 0 aliphatic rings. The van der Waals surface area contributed by atoms with Crippen LogP contribution in [0.1, 0.15) is 0 Å². The van der Waals surface area contributed by atoms with Gasteiger partial charge in [-0.3, -0.25) is 4.79 Å². The molecule has 0 atom stereocenters. The Kier molecular flexibility index (Phi) is 6.32. The third-order valence-electron chi connectivity index (χ3n) is 3.46. The maximum Gasteiger partial charge on any atom is 0.387 e. The predicted octanol–water partition coefficient (Wildman–Crippen LogP) is 3.64. The molecule has 2 aromatic carbocycles. The number of rotatable bonds is 7. The molecule has 0 unspecified atom stereocenters. The van der Waals surface area contributed by atoms with E-state index in [1.807, 2.05) is 0 Å². The molecule has 0 saturated heterocycles. The summed E-state index contributed by atoms with van der Waals surface area (Å²) in [6.45, 7) is -2.90. The summed E-state index contributed by atoms with van der Waals surface area (Å²) in [6, 6.07) is 12.5. The molecule has 7 nitrogen and oxygen atoms in total. The number of halogens is 3. The molecule has 3 N–H and O–H groups in total. The lowest BCUT2D eigenvalue weighted by Gasteiger charge is -2.07. The topological polar surface area (TPSA) is 95.1 Å². The van der Waals surface area contributed by atoms with Crippen LogP contribution in [0.3, 0.4) is 0 Å². The van der Waals surface area contributed by atoms with Gasteiger partial charge in [-0.15, -0.1) is 10.2 Å². The van der Waals surface area contributed by atoms with Gasteiger partial charge in [-0.1, -0.05) is 23.4 Å². The van der Waals surface area contributed by atoms with Gasteiger partial charge >= 0.3 is 6.61 Å². The van der Waals surface area contributed by atoms with E-state index >= 15 is 0 Å². The summed E-state index contributed by atoms with van der Waals surface area (Å²) in [5.41, 5.74) is 1.19. The lowest BCUT2D eigenvalue weighted by molar-refractivity contribution is -0.113. The molecule has 0 spiro atoms. The Bertz CT molecular complexity index is 951. The summed E-state index contributed by atoms with van der Waals surface area (Å²) < 4.78 is 29.9. The summed E-state index contributed by atoms with van der Waals surface area (Å²) in [6.07, 6.45) is 0. The first-order chi connectivity index (χ1) is 13.4. The standard InChI is InChI=1S/C17H14ClF2N5O2S/c18-11-3-5-12(6-4-11)22-14(26)9-28-17-24-23-15(25(17)21)10-1-7-13(8-2-10)27-16(19)20/h1-8,16H,9,21H2,(H,22,26). The number of ether oxygens (including phenoxy) is 1. The smallest absolute Gasteiger partial charge is 0.387 e. The summed E-state index contributed by atoms with van der Waals surface area (Å²) in [5.74, 6) is 6.15. The van der Waals surface area contributed by atoms with Gasteiger partial charge in [-0.05, 0) is 48.5 Å². The second kappa shape index (κ2) is 8.89. The number of thioether (sulfide) groups is 1. The maximum absolute atomic E-state index is 12.2. The second-order valence-corrected chi connectivity index (χ2v) is 6.80. The number of carbonyl (C=O) groups is 1. The van der Waals surface area contributed by atoms with Gasteiger partial charge < -0.3 is 15.9 Å². The molecule has 1 aromatic heterocycles. The molecular weight excluding hydrogens is 412 g/mol. The normalized spacial score (nSPS) is 10.9. The zero-order valence-corrected chi connectivity index (χ0v) is 15.8. The highest BCUT2D eigenvalue weighted by Crippen LogP contribution is 2.24. The molecule has 146 valence electrons. The van der Waals surface area contributed by atoms with Crippen LogP contribution in [0.5, 0.6) is 5.75 Å². The van der Waals surface area contributed by atoms with Gasteiger partial charge in [0.15, 0.2) is 5.82 Å². The fourth-order valence-corrected chi connectivity index (χ4v) is 3.00. The molecule has 0 aliphatic heterocycles. The van der Waals surface area contributed by atoms with Crippen LogP contribution in [0.15, 0.2) is 53.7 Å². The van der Waals surface area contributed by atoms with Crippen LogP contribution in [-0.4, -0.2) is 33.1 Å². The minimum Gasteiger partial charge on any atom is -0.435 e. The lowest BCUT2D eigenvalue weighted by atomic mass is 10.2. The largest absolute Gasteiger partial charge is 0.435 e. The van der Waals surface area contributed by atoms with E-state index in [-0.39, 0.29) is 17.4 Å². The zero-order chi connectivity index (χ0) is 20.1. The minimum atomic E-state index is -2.90. The average molecular weight is 426 g/mol. The number of anilines is 1. The summed E-state index contributed by atoms with van der Waals surface area (Å²) in [5, 5.41) is 11.6. The van der Waals surface area contributed by atoms with E-state index in [1.54, 1.807) is 24.3 Å². The van der Waals surface area contributed by atoms with Gasteiger partial charge in [0.25, 0.3) is 0 Å². The highest BCUT2D eigenvalue weighted by molar-refractivity contribution is 7.99. The van der Waals surface area contributed by atoms with E-state index in [0.29, 0.717) is 27.3 Å². The van der Waals surface area contributed by atoms with Crippen LogP contribution in [0.4, 0.5) is 14.5 Å². The Morgan fingerprint density at radius 2 is 1.86 bits per heavy atom. The maximum atomic E-state index is 12.2. The highest BCUT2D eigenvalue weighted by atomic mass is 35.5. The van der Waals surface area contributed by atoms with Crippen molar-refractivity contribution in [3.63, 3.8) is 0 Å². The molecule has 0 aliphatic carbocycles. The molecule has 3 aromatic rings. The molecule has 3 rings (SSSR count). The van der Waals surface area contributed by atoms with Gasteiger partial charge in [0.1, 0.15) is 5.75 Å². The van der Waals surface area contributed by atoms with Gasteiger partial charge in [0.2, 0.25) is 11.1 Å². The highest BCUT2D eigenvalue weighted by Gasteiger charge is 2.14. The van der Waals surface area contributed by atoms with Crippen LogP contribution in [-0.2, 0) is 4.79 Å². The number of nitrogens with two attached hydrogens (primary N) is 1. The first-order valence-electron chi connectivity index (χ1n) is 7.86. The molecule has 0 bridgehead atoms. The number of amides is 1. The Balaban J connectivity index is 1.61. The van der Waals surface area contributed by atoms with Crippen molar-refractivity contribution in [1.82, 2.24) is 14.9 Å². The molecule has 11 heteroatoms. The summed E-state index contributed by atoms with van der Waals surface area (Å²) in [4.78, 5) is 12.0. The zero-order valence-electron chi connectivity index (χ0n) is 14.2. The fourth-order valence-electron chi connectivity index (χ4n) is 2.22. The number of carbonyl (C=O) groups excluding carboxylic acids is 1. The number of aromatic nitrogens is 3. The molecule has 0 radical (unpaired) electrons. The predicted molar refractivity (Wildman–Crippen MR) is 103 cm³/mol. The number of benzene rings is 2. The molecule has 28 heavy (non-hydrogen) atoms. The van der Waals surface area contributed by atoms with Crippen molar-refractivity contribution in [3.05, 3.63) is 53.6 Å². The molecular formula is C17H14ClF2N5O2S. The van der Waals surface area contributed by atoms with Crippen LogP contribution < -0.4 is 15.9 Å². The average Bonchev–Trinajstić information content (AvgIpc) is 3.03. The fraction of sp³-hybridized carbons (Fsp3) is 0.118. The van der Waals surface area contributed by atoms with Gasteiger partial charge in [0.05, 0.1) is 5.75 Å². The third kappa shape index (κ3) is 5.11. The van der Waals surface area contributed by atoms with E-state index in [4.69, 9.17) is 17.4 Å². The van der Waals surface area contributed by atoms with E-state index in [9.17, 15) is 13.6 Å². The minimum absolute atomic E-state index is 0.0234. The molecule has 0 fully saturated rings. The number of hydrogen-bond donors (Lipinski definition) is 2. The van der Waals surface area contributed by atoms with Gasteiger partial charge in [-0.25, -0.2) is 4.68 Å². The van der Waals surface area contributed by atoms with E-state index < -0.39 is 6.61 Å². The van der Waals surface area contributed by atoms with E-state index in [0.717, 1.165) is 11.8 Å². The first kappa shape index (κ1) is 19.9. The number of nitrogens with zero attached hydrogens (tertiary/aromatic N) is 3. The lowest BCUT2D eigenvalue weighted by Crippen LogP contribution is -2.16. The first-order valence-corrected chi connectivity index (χ1v) is 9.22. The summed E-state index contributed by atoms with van der Waals surface area (Å²) in [7, 11) is 0. The number of hydrogen-bond acceptors (Lipinski definition) is 6. The van der Waals surface area contributed by atoms with Crippen molar-refractivity contribution in [2.24, 2.45) is 0 Å². The molecule has 1 amide bonds. The van der Waals surface area contributed by atoms with Crippen molar-refractivity contribution in [2.75, 3.05) is 16.9 Å². The van der Waals surface area contributed by atoms with Crippen molar-refractivity contribution < 1.29 is 18.3 Å². The Hall–Kier alpha value is -2.85. The summed E-state index contributed by atoms with van der Waals surface area (Å²) >= 11 is 6.91. The number of nitrogen functional groups attached to an aromatic ring is 1. The van der Waals surface area contributed by atoms with Crippen LogP contribution in [0.2, 0.25) is 5.02 Å². The van der Waals surface area contributed by atoms with Crippen LogP contribution in [0.25, 0.3) is 11.4 Å².